The highest BCUT2D eigenvalue weighted by Crippen LogP contribution is 2.30. The van der Waals surface area contributed by atoms with Crippen LogP contribution in [0.5, 0.6) is 0 Å². The fraction of sp³-hybridized carbons (Fsp3) is 0.538. The lowest BCUT2D eigenvalue weighted by molar-refractivity contribution is 0.264. The van der Waals surface area contributed by atoms with E-state index in [-0.39, 0.29) is 0 Å². The van der Waals surface area contributed by atoms with Crippen molar-refractivity contribution in [2.75, 3.05) is 30.9 Å². The molecule has 7 heteroatoms. The third-order valence-corrected chi connectivity index (χ3v) is 4.65. The summed E-state index contributed by atoms with van der Waals surface area (Å²) in [7, 11) is 2.16. The molecule has 1 aliphatic heterocycles. The summed E-state index contributed by atoms with van der Waals surface area (Å²) in [6, 6.07) is 2.60. The summed E-state index contributed by atoms with van der Waals surface area (Å²) in [6.45, 7) is 4.33. The van der Waals surface area contributed by atoms with Crippen LogP contribution in [-0.4, -0.2) is 41.0 Å². The van der Waals surface area contributed by atoms with Gasteiger partial charge in [0.15, 0.2) is 0 Å². The summed E-state index contributed by atoms with van der Waals surface area (Å²) >= 11 is 1.66. The summed E-state index contributed by atoms with van der Waals surface area (Å²) in [5.41, 5.74) is 2.55. The van der Waals surface area contributed by atoms with E-state index >= 15 is 0 Å². The van der Waals surface area contributed by atoms with Crippen LogP contribution in [0.15, 0.2) is 6.07 Å². The number of nitrogen functional groups attached to an aromatic ring is 1. The van der Waals surface area contributed by atoms with Gasteiger partial charge in [0.1, 0.15) is 10.6 Å². The molecule has 0 aromatic carbocycles. The van der Waals surface area contributed by atoms with Crippen LogP contribution in [0, 0.1) is 6.92 Å². The topological polar surface area (TPSA) is 79.1 Å². The van der Waals surface area contributed by atoms with E-state index in [4.69, 9.17) is 5.84 Å². The SMILES string of the molecule is Cc1cc2c(NC3CCN(C)CC3)nc(NN)nc2s1. The molecule has 0 atom stereocenters. The molecule has 6 nitrogen and oxygen atoms in total. The van der Waals surface area contributed by atoms with E-state index in [1.54, 1.807) is 11.3 Å². The minimum Gasteiger partial charge on any atom is -0.367 e. The van der Waals surface area contributed by atoms with Crippen LogP contribution in [0.25, 0.3) is 10.2 Å². The van der Waals surface area contributed by atoms with Gasteiger partial charge in [0.05, 0.1) is 5.39 Å². The average Bonchev–Trinajstić information content (AvgIpc) is 2.81. The maximum Gasteiger partial charge on any atom is 0.240 e. The Bertz CT molecular complexity index is 602. The number of thiophene rings is 1. The van der Waals surface area contributed by atoms with Crippen LogP contribution in [0.1, 0.15) is 17.7 Å². The number of hydrazine groups is 1. The van der Waals surface area contributed by atoms with Gasteiger partial charge in [-0.1, -0.05) is 0 Å². The predicted molar refractivity (Wildman–Crippen MR) is 84.1 cm³/mol. The summed E-state index contributed by atoms with van der Waals surface area (Å²) < 4.78 is 0. The van der Waals surface area contributed by atoms with E-state index in [9.17, 15) is 0 Å². The highest BCUT2D eigenvalue weighted by molar-refractivity contribution is 7.18. The molecule has 1 saturated heterocycles. The summed E-state index contributed by atoms with van der Waals surface area (Å²) in [5, 5.41) is 4.65. The predicted octanol–water partition coefficient (Wildman–Crippen LogP) is 1.79. The number of fused-ring (bicyclic) bond motifs is 1. The zero-order chi connectivity index (χ0) is 14.1. The number of aromatic nitrogens is 2. The molecule has 3 heterocycles. The molecule has 0 aliphatic carbocycles. The second kappa shape index (κ2) is 5.51. The number of hydrogen-bond acceptors (Lipinski definition) is 7. The van der Waals surface area contributed by atoms with Crippen molar-refractivity contribution in [3.8, 4) is 0 Å². The zero-order valence-corrected chi connectivity index (χ0v) is 12.6. The number of nitrogens with zero attached hydrogens (tertiary/aromatic N) is 3. The zero-order valence-electron chi connectivity index (χ0n) is 11.8. The molecular formula is C13H20N6S. The van der Waals surface area contributed by atoms with Crippen molar-refractivity contribution >= 4 is 33.3 Å². The molecule has 20 heavy (non-hydrogen) atoms. The third-order valence-electron chi connectivity index (χ3n) is 3.70. The van der Waals surface area contributed by atoms with Crippen LogP contribution in [0.2, 0.25) is 0 Å². The maximum atomic E-state index is 5.46. The minimum atomic E-state index is 0.467. The lowest BCUT2D eigenvalue weighted by atomic mass is 10.1. The van der Waals surface area contributed by atoms with Crippen LogP contribution < -0.4 is 16.6 Å². The highest BCUT2D eigenvalue weighted by atomic mass is 32.1. The molecule has 0 radical (unpaired) electrons. The molecule has 0 bridgehead atoms. The van der Waals surface area contributed by atoms with Gasteiger partial charge in [0.2, 0.25) is 5.95 Å². The van der Waals surface area contributed by atoms with Gasteiger partial charge in [-0.25, -0.2) is 10.8 Å². The van der Waals surface area contributed by atoms with Gasteiger partial charge < -0.3 is 10.2 Å². The van der Waals surface area contributed by atoms with E-state index < -0.39 is 0 Å². The van der Waals surface area contributed by atoms with Crippen molar-refractivity contribution in [1.82, 2.24) is 14.9 Å². The normalized spacial score (nSPS) is 17.6. The molecule has 0 spiro atoms. The molecule has 2 aromatic rings. The first kappa shape index (κ1) is 13.5. The molecule has 1 fully saturated rings. The van der Waals surface area contributed by atoms with Crippen LogP contribution in [0.4, 0.5) is 11.8 Å². The Hall–Kier alpha value is -1.44. The van der Waals surface area contributed by atoms with Gasteiger partial charge in [0, 0.05) is 10.9 Å². The second-order valence-corrected chi connectivity index (χ2v) is 6.57. The Morgan fingerprint density at radius 3 is 2.80 bits per heavy atom. The number of nitrogens with two attached hydrogens (primary N) is 1. The lowest BCUT2D eigenvalue weighted by Crippen LogP contribution is -2.37. The quantitative estimate of drug-likeness (QED) is 0.591. The Balaban J connectivity index is 1.89. The number of hydrogen-bond donors (Lipinski definition) is 3. The number of anilines is 2. The molecule has 0 amide bonds. The Kier molecular flexibility index (Phi) is 3.73. The van der Waals surface area contributed by atoms with Gasteiger partial charge >= 0.3 is 0 Å². The first-order valence-electron chi connectivity index (χ1n) is 6.85. The van der Waals surface area contributed by atoms with Crippen molar-refractivity contribution in [2.24, 2.45) is 5.84 Å². The Morgan fingerprint density at radius 2 is 2.10 bits per heavy atom. The van der Waals surface area contributed by atoms with Gasteiger partial charge in [-0.3, -0.25) is 5.43 Å². The minimum absolute atomic E-state index is 0.467. The number of rotatable bonds is 3. The largest absolute Gasteiger partial charge is 0.367 e. The summed E-state index contributed by atoms with van der Waals surface area (Å²) in [6.07, 6.45) is 2.27. The fourth-order valence-corrected chi connectivity index (χ4v) is 3.44. The van der Waals surface area contributed by atoms with Gasteiger partial charge in [-0.2, -0.15) is 4.98 Å². The summed E-state index contributed by atoms with van der Waals surface area (Å²) in [5.74, 6) is 6.82. The van der Waals surface area contributed by atoms with Crippen LogP contribution >= 0.6 is 11.3 Å². The van der Waals surface area contributed by atoms with Crippen molar-refractivity contribution in [1.29, 1.82) is 0 Å². The van der Waals surface area contributed by atoms with E-state index in [2.05, 4.69) is 45.6 Å². The van der Waals surface area contributed by atoms with Crippen molar-refractivity contribution in [3.05, 3.63) is 10.9 Å². The van der Waals surface area contributed by atoms with E-state index in [1.165, 1.54) is 4.88 Å². The molecule has 0 unspecified atom stereocenters. The second-order valence-electron chi connectivity index (χ2n) is 5.34. The number of likely N-dealkylation sites (tertiary alicyclic amines) is 1. The van der Waals surface area contributed by atoms with Crippen molar-refractivity contribution in [2.45, 2.75) is 25.8 Å². The highest BCUT2D eigenvalue weighted by Gasteiger charge is 2.19. The first-order chi connectivity index (χ1) is 9.65. The smallest absolute Gasteiger partial charge is 0.240 e. The Labute approximate surface area is 122 Å². The fourth-order valence-electron chi connectivity index (χ4n) is 2.56. The van der Waals surface area contributed by atoms with E-state index in [0.717, 1.165) is 42.0 Å². The van der Waals surface area contributed by atoms with E-state index in [1.807, 2.05) is 0 Å². The van der Waals surface area contributed by atoms with Crippen molar-refractivity contribution in [3.63, 3.8) is 0 Å². The van der Waals surface area contributed by atoms with Gasteiger partial charge in [-0.15, -0.1) is 11.3 Å². The molecule has 0 saturated carbocycles. The number of nitrogens with one attached hydrogen (secondary N) is 2. The third kappa shape index (κ3) is 2.70. The molecular weight excluding hydrogens is 272 g/mol. The van der Waals surface area contributed by atoms with Crippen molar-refractivity contribution < 1.29 is 0 Å². The first-order valence-corrected chi connectivity index (χ1v) is 7.67. The summed E-state index contributed by atoms with van der Waals surface area (Å²) in [4.78, 5) is 13.4. The average molecular weight is 292 g/mol. The maximum absolute atomic E-state index is 5.46. The molecule has 108 valence electrons. The van der Waals surface area contributed by atoms with Gasteiger partial charge in [0.25, 0.3) is 0 Å². The molecule has 1 aliphatic rings. The standard InChI is InChI=1S/C13H20N6S/c1-8-7-10-11(15-9-3-5-19(2)6-4-9)16-13(18-14)17-12(10)20-8/h7,9H,3-6,14H2,1-2H3,(H2,15,16,17,18). The van der Waals surface area contributed by atoms with E-state index in [0.29, 0.717) is 12.0 Å². The number of piperidine rings is 1. The number of aryl methyl sites for hydroxylation is 1. The monoisotopic (exact) mass is 292 g/mol. The van der Waals surface area contributed by atoms with Gasteiger partial charge in [-0.05, 0) is 46.0 Å². The van der Waals surface area contributed by atoms with Crippen LogP contribution in [0.3, 0.4) is 0 Å². The molecule has 3 rings (SSSR count). The molecule has 4 N–H and O–H groups in total. The molecule has 2 aromatic heterocycles. The Morgan fingerprint density at radius 1 is 1.35 bits per heavy atom. The lowest BCUT2D eigenvalue weighted by Gasteiger charge is -2.30. The van der Waals surface area contributed by atoms with Crippen LogP contribution in [-0.2, 0) is 0 Å².